The van der Waals surface area contributed by atoms with E-state index in [1.807, 2.05) is 19.9 Å². The third-order valence-corrected chi connectivity index (χ3v) is 4.90. The molecule has 0 amide bonds. The average molecular weight is 494 g/mol. The Kier molecular flexibility index (Phi) is 12.2. The molecule has 2 unspecified atom stereocenters. The lowest BCUT2D eigenvalue weighted by atomic mass is 9.93. The summed E-state index contributed by atoms with van der Waals surface area (Å²) in [7, 11) is 4.25. The monoisotopic (exact) mass is 494 g/mol. The minimum absolute atomic E-state index is 0. The molecule has 0 bridgehead atoms. The van der Waals surface area contributed by atoms with E-state index in [2.05, 4.69) is 48.5 Å². The van der Waals surface area contributed by atoms with Crippen LogP contribution in [0.5, 0.6) is 0 Å². The zero-order chi connectivity index (χ0) is 19.7. The molecule has 0 fully saturated rings. The molecule has 0 radical (unpaired) electrons. The van der Waals surface area contributed by atoms with E-state index < -0.39 is 5.60 Å². The van der Waals surface area contributed by atoms with E-state index in [1.54, 1.807) is 13.0 Å². The van der Waals surface area contributed by atoms with Crippen molar-refractivity contribution in [2.24, 2.45) is 10.9 Å². The molecule has 0 saturated carbocycles. The summed E-state index contributed by atoms with van der Waals surface area (Å²) in [5, 5.41) is 17.4. The number of nitrogens with zero attached hydrogens (tertiary/aromatic N) is 2. The Morgan fingerprint density at radius 3 is 2.30 bits per heavy atom. The predicted octanol–water partition coefficient (Wildman–Crippen LogP) is 3.34. The van der Waals surface area contributed by atoms with Gasteiger partial charge in [-0.05, 0) is 52.9 Å². The van der Waals surface area contributed by atoms with E-state index >= 15 is 0 Å². The quantitative estimate of drug-likeness (QED) is 0.265. The molecule has 2 atom stereocenters. The van der Waals surface area contributed by atoms with Gasteiger partial charge in [-0.3, -0.25) is 0 Å². The average Bonchev–Trinajstić information content (AvgIpc) is 3.03. The van der Waals surface area contributed by atoms with E-state index in [4.69, 9.17) is 4.42 Å². The van der Waals surface area contributed by atoms with Crippen LogP contribution in [0.15, 0.2) is 21.5 Å². The van der Waals surface area contributed by atoms with Crippen LogP contribution in [0.25, 0.3) is 0 Å². The van der Waals surface area contributed by atoms with Crippen LogP contribution >= 0.6 is 24.0 Å². The van der Waals surface area contributed by atoms with Gasteiger partial charge in [0.05, 0.1) is 6.54 Å². The first-order valence-corrected chi connectivity index (χ1v) is 9.73. The number of halogens is 1. The SMILES string of the molecule is CCNC(=NCC(C)(O)c1ccc(C)o1)NCC(C(CC)CC)N(C)C.I. The van der Waals surface area contributed by atoms with Gasteiger partial charge in [-0.1, -0.05) is 26.7 Å². The Hall–Kier alpha value is -0.800. The summed E-state index contributed by atoms with van der Waals surface area (Å²) in [5.41, 5.74) is -1.13. The van der Waals surface area contributed by atoms with Crippen molar-refractivity contribution in [1.29, 1.82) is 0 Å². The summed E-state index contributed by atoms with van der Waals surface area (Å²) in [5.74, 6) is 2.68. The summed E-state index contributed by atoms with van der Waals surface area (Å²) in [4.78, 5) is 6.85. The fraction of sp³-hybridized carbons (Fsp3) is 0.750. The fourth-order valence-corrected chi connectivity index (χ4v) is 3.18. The highest BCUT2D eigenvalue weighted by molar-refractivity contribution is 14.0. The largest absolute Gasteiger partial charge is 0.463 e. The number of hydrogen-bond acceptors (Lipinski definition) is 4. The van der Waals surface area contributed by atoms with Gasteiger partial charge in [0, 0.05) is 19.1 Å². The van der Waals surface area contributed by atoms with E-state index in [0.717, 1.165) is 31.7 Å². The van der Waals surface area contributed by atoms with Crippen molar-refractivity contribution in [3.05, 3.63) is 23.7 Å². The Balaban J connectivity index is 0.00000676. The van der Waals surface area contributed by atoms with E-state index in [0.29, 0.717) is 23.7 Å². The van der Waals surface area contributed by atoms with Crippen molar-refractivity contribution in [2.75, 3.05) is 33.7 Å². The highest BCUT2D eigenvalue weighted by Gasteiger charge is 2.27. The van der Waals surface area contributed by atoms with E-state index in [1.165, 1.54) is 0 Å². The van der Waals surface area contributed by atoms with Crippen molar-refractivity contribution in [3.63, 3.8) is 0 Å². The summed E-state index contributed by atoms with van der Waals surface area (Å²) in [6.45, 7) is 11.9. The van der Waals surface area contributed by atoms with Crippen molar-refractivity contribution in [1.82, 2.24) is 15.5 Å². The second-order valence-electron chi connectivity index (χ2n) is 7.37. The van der Waals surface area contributed by atoms with Gasteiger partial charge in [-0.15, -0.1) is 24.0 Å². The maximum atomic E-state index is 10.7. The Morgan fingerprint density at radius 1 is 1.22 bits per heavy atom. The molecule has 158 valence electrons. The molecule has 7 heteroatoms. The topological polar surface area (TPSA) is 73.0 Å². The lowest BCUT2D eigenvalue weighted by Crippen LogP contribution is -2.48. The molecular weight excluding hydrogens is 455 g/mol. The molecule has 3 N–H and O–H groups in total. The minimum Gasteiger partial charge on any atom is -0.463 e. The first-order chi connectivity index (χ1) is 12.2. The zero-order valence-electron chi connectivity index (χ0n) is 18.0. The number of aliphatic imine (C=N–C) groups is 1. The number of furan rings is 1. The predicted molar refractivity (Wildman–Crippen MR) is 124 cm³/mol. The van der Waals surface area contributed by atoms with E-state index in [9.17, 15) is 5.11 Å². The van der Waals surface area contributed by atoms with Crippen LogP contribution in [-0.2, 0) is 5.60 Å². The number of guanidine groups is 1. The fourth-order valence-electron chi connectivity index (χ4n) is 3.18. The molecule has 1 heterocycles. The van der Waals surface area contributed by atoms with Gasteiger partial charge < -0.3 is 25.1 Å². The van der Waals surface area contributed by atoms with Crippen molar-refractivity contribution >= 4 is 29.9 Å². The van der Waals surface area contributed by atoms with Gasteiger partial charge in [0.15, 0.2) is 5.96 Å². The number of likely N-dealkylation sites (N-methyl/N-ethyl adjacent to an activating group) is 1. The standard InChI is InChI=1S/C20H38N4O2.HI/c1-8-16(9-2)17(24(6)7)13-22-19(21-10-3)23-14-20(5,25)18-12-11-15(4)26-18;/h11-12,16-17,25H,8-10,13-14H2,1-7H3,(H2,21,22,23);1H. The first-order valence-electron chi connectivity index (χ1n) is 9.73. The number of hydrogen-bond donors (Lipinski definition) is 3. The number of nitrogens with one attached hydrogen (secondary N) is 2. The Labute approximate surface area is 182 Å². The van der Waals surface area contributed by atoms with Crippen LogP contribution in [0.3, 0.4) is 0 Å². The second kappa shape index (κ2) is 12.6. The van der Waals surface area contributed by atoms with Gasteiger partial charge >= 0.3 is 0 Å². The second-order valence-corrected chi connectivity index (χ2v) is 7.37. The minimum atomic E-state index is -1.13. The van der Waals surface area contributed by atoms with Crippen LogP contribution in [0.1, 0.15) is 52.1 Å². The van der Waals surface area contributed by atoms with Crippen molar-refractivity contribution in [3.8, 4) is 0 Å². The smallest absolute Gasteiger partial charge is 0.191 e. The third kappa shape index (κ3) is 8.39. The summed E-state index contributed by atoms with van der Waals surface area (Å²) in [6, 6.07) is 4.09. The zero-order valence-corrected chi connectivity index (χ0v) is 20.3. The summed E-state index contributed by atoms with van der Waals surface area (Å²) < 4.78 is 5.56. The summed E-state index contributed by atoms with van der Waals surface area (Å²) >= 11 is 0. The molecule has 1 aromatic heterocycles. The van der Waals surface area contributed by atoms with Gasteiger partial charge in [-0.2, -0.15) is 0 Å². The molecular formula is C20H39IN4O2. The maximum absolute atomic E-state index is 10.7. The van der Waals surface area contributed by atoms with Gasteiger partial charge in [0.2, 0.25) is 0 Å². The lowest BCUT2D eigenvalue weighted by Gasteiger charge is -2.32. The highest BCUT2D eigenvalue weighted by Crippen LogP contribution is 2.23. The molecule has 0 saturated heterocycles. The lowest BCUT2D eigenvalue weighted by molar-refractivity contribution is 0.0428. The molecule has 0 aliphatic heterocycles. The van der Waals surface area contributed by atoms with Crippen LogP contribution in [0.2, 0.25) is 0 Å². The van der Waals surface area contributed by atoms with Crippen molar-refractivity contribution in [2.45, 2.75) is 59.1 Å². The Bertz CT molecular complexity index is 554. The van der Waals surface area contributed by atoms with Gasteiger partial charge in [0.1, 0.15) is 17.1 Å². The maximum Gasteiger partial charge on any atom is 0.191 e. The third-order valence-electron chi connectivity index (χ3n) is 4.90. The molecule has 1 aromatic rings. The van der Waals surface area contributed by atoms with Gasteiger partial charge in [-0.25, -0.2) is 4.99 Å². The van der Waals surface area contributed by atoms with Crippen LogP contribution < -0.4 is 10.6 Å². The number of rotatable bonds is 10. The van der Waals surface area contributed by atoms with Crippen LogP contribution in [-0.4, -0.2) is 55.7 Å². The number of aryl methyl sites for hydroxylation is 1. The van der Waals surface area contributed by atoms with Crippen molar-refractivity contribution < 1.29 is 9.52 Å². The number of aliphatic hydroxyl groups is 1. The first kappa shape index (κ1) is 26.2. The molecule has 0 aromatic carbocycles. The molecule has 0 aliphatic rings. The van der Waals surface area contributed by atoms with E-state index in [-0.39, 0.29) is 30.5 Å². The molecule has 0 aliphatic carbocycles. The van der Waals surface area contributed by atoms with Gasteiger partial charge in [0.25, 0.3) is 0 Å². The summed E-state index contributed by atoms with van der Waals surface area (Å²) in [6.07, 6.45) is 2.31. The van der Waals surface area contributed by atoms with Crippen LogP contribution in [0, 0.1) is 12.8 Å². The van der Waals surface area contributed by atoms with Crippen LogP contribution in [0.4, 0.5) is 0 Å². The molecule has 0 spiro atoms. The normalized spacial score (nSPS) is 15.4. The molecule has 6 nitrogen and oxygen atoms in total. The molecule has 1 rings (SSSR count). The molecule has 27 heavy (non-hydrogen) atoms. The highest BCUT2D eigenvalue weighted by atomic mass is 127. The Morgan fingerprint density at radius 2 is 1.85 bits per heavy atom.